The molecule has 0 bridgehead atoms. The molecule has 0 amide bonds. The summed E-state index contributed by atoms with van der Waals surface area (Å²) >= 11 is 1.28. The zero-order chi connectivity index (χ0) is 18.6. The highest BCUT2D eigenvalue weighted by molar-refractivity contribution is 7.99. The van der Waals surface area contributed by atoms with Crippen molar-refractivity contribution >= 4 is 17.5 Å². The Morgan fingerprint density at radius 1 is 1.07 bits per heavy atom. The van der Waals surface area contributed by atoms with E-state index in [0.29, 0.717) is 22.4 Å². The van der Waals surface area contributed by atoms with Gasteiger partial charge in [0, 0.05) is 29.8 Å². The van der Waals surface area contributed by atoms with E-state index in [-0.39, 0.29) is 17.4 Å². The van der Waals surface area contributed by atoms with Gasteiger partial charge in [-0.2, -0.15) is 0 Å². The number of nitrogens with zero attached hydrogens (tertiary/aromatic N) is 4. The highest BCUT2D eigenvalue weighted by atomic mass is 32.2. The largest absolute Gasteiger partial charge is 0.359 e. The van der Waals surface area contributed by atoms with Crippen molar-refractivity contribution < 1.29 is 9.18 Å². The molecular weight excluding hydrogens is 365 g/mol. The monoisotopic (exact) mass is 379 g/mol. The third-order valence-electron chi connectivity index (χ3n) is 3.89. The quantitative estimate of drug-likeness (QED) is 0.408. The van der Waals surface area contributed by atoms with E-state index in [0.717, 1.165) is 5.56 Å². The van der Waals surface area contributed by atoms with Crippen molar-refractivity contribution in [3.05, 3.63) is 78.6 Å². The maximum atomic E-state index is 13.4. The molecule has 0 atom stereocenters. The van der Waals surface area contributed by atoms with Crippen molar-refractivity contribution in [2.75, 3.05) is 5.75 Å². The predicted molar refractivity (Wildman–Crippen MR) is 100 cm³/mol. The third-order valence-corrected chi connectivity index (χ3v) is 4.82. The van der Waals surface area contributed by atoms with E-state index in [4.69, 9.17) is 0 Å². The van der Waals surface area contributed by atoms with Crippen molar-refractivity contribution in [2.24, 2.45) is 0 Å². The molecule has 4 aromatic rings. The standard InChI is InChI=1S/C19H14FN5OS/c20-14-3-5-15(6-4-14)25-18(13-7-10-21-11-8-13)23-24-19(25)27-12-17(26)16-2-1-9-22-16/h1-11,22H,12H2. The average Bonchev–Trinajstić information content (AvgIpc) is 3.38. The Bertz CT molecular complexity index is 1050. The molecule has 3 heterocycles. The number of Topliss-reactive ketones (excluding diaryl/α,β-unsaturated/α-hetero) is 1. The summed E-state index contributed by atoms with van der Waals surface area (Å²) in [7, 11) is 0. The molecule has 1 N–H and O–H groups in total. The predicted octanol–water partition coefficient (Wildman–Crippen LogP) is 3.77. The van der Waals surface area contributed by atoms with E-state index in [1.54, 1.807) is 47.4 Å². The first-order valence-electron chi connectivity index (χ1n) is 8.13. The van der Waals surface area contributed by atoms with Crippen LogP contribution in [0.1, 0.15) is 10.5 Å². The molecule has 0 spiro atoms. The summed E-state index contributed by atoms with van der Waals surface area (Å²) in [5.74, 6) is 0.437. The highest BCUT2D eigenvalue weighted by Gasteiger charge is 2.18. The highest BCUT2D eigenvalue weighted by Crippen LogP contribution is 2.28. The minimum absolute atomic E-state index is 0.0379. The number of ketones is 1. The first kappa shape index (κ1) is 17.2. The smallest absolute Gasteiger partial charge is 0.196 e. The van der Waals surface area contributed by atoms with Gasteiger partial charge in [-0.05, 0) is 48.5 Å². The molecule has 0 aliphatic rings. The fourth-order valence-corrected chi connectivity index (χ4v) is 3.42. The number of halogens is 1. The first-order valence-corrected chi connectivity index (χ1v) is 9.12. The van der Waals surface area contributed by atoms with E-state index >= 15 is 0 Å². The second kappa shape index (κ2) is 7.55. The minimum atomic E-state index is -0.326. The van der Waals surface area contributed by atoms with Gasteiger partial charge < -0.3 is 4.98 Å². The Hall–Kier alpha value is -3.26. The lowest BCUT2D eigenvalue weighted by Gasteiger charge is -2.10. The van der Waals surface area contributed by atoms with Crippen LogP contribution in [0.15, 0.2) is 72.3 Å². The van der Waals surface area contributed by atoms with Crippen LogP contribution in [0.5, 0.6) is 0 Å². The summed E-state index contributed by atoms with van der Waals surface area (Å²) in [6.07, 6.45) is 5.04. The fraction of sp³-hybridized carbons (Fsp3) is 0.0526. The number of carbonyl (C=O) groups is 1. The molecular formula is C19H14FN5OS. The molecule has 0 saturated carbocycles. The number of aromatic nitrogens is 5. The van der Waals surface area contributed by atoms with Gasteiger partial charge in [0.2, 0.25) is 0 Å². The normalized spacial score (nSPS) is 10.9. The van der Waals surface area contributed by atoms with E-state index in [9.17, 15) is 9.18 Å². The van der Waals surface area contributed by atoms with Gasteiger partial charge in [-0.15, -0.1) is 10.2 Å². The van der Waals surface area contributed by atoms with Crippen LogP contribution in [0.25, 0.3) is 17.1 Å². The average molecular weight is 379 g/mol. The molecule has 6 nitrogen and oxygen atoms in total. The number of thioether (sulfide) groups is 1. The van der Waals surface area contributed by atoms with Gasteiger partial charge in [0.15, 0.2) is 16.8 Å². The van der Waals surface area contributed by atoms with Crippen LogP contribution in [-0.2, 0) is 0 Å². The summed E-state index contributed by atoms with van der Waals surface area (Å²) < 4.78 is 15.2. The Morgan fingerprint density at radius 3 is 2.56 bits per heavy atom. The number of benzene rings is 1. The molecule has 0 radical (unpaired) electrons. The minimum Gasteiger partial charge on any atom is -0.359 e. The van der Waals surface area contributed by atoms with Crippen molar-refractivity contribution in [2.45, 2.75) is 5.16 Å². The number of rotatable bonds is 6. The zero-order valence-corrected chi connectivity index (χ0v) is 14.9. The number of hydrogen-bond donors (Lipinski definition) is 1. The summed E-state index contributed by atoms with van der Waals surface area (Å²) in [5, 5.41) is 9.07. The van der Waals surface area contributed by atoms with Gasteiger partial charge in [-0.1, -0.05) is 11.8 Å². The maximum Gasteiger partial charge on any atom is 0.196 e. The second-order valence-electron chi connectivity index (χ2n) is 5.65. The lowest BCUT2D eigenvalue weighted by atomic mass is 10.2. The lowest BCUT2D eigenvalue weighted by Crippen LogP contribution is -2.05. The molecule has 0 fully saturated rings. The molecule has 134 valence electrons. The molecule has 27 heavy (non-hydrogen) atoms. The van der Waals surface area contributed by atoms with Crippen molar-refractivity contribution in [1.29, 1.82) is 0 Å². The summed E-state index contributed by atoms with van der Waals surface area (Å²) in [4.78, 5) is 19.2. The van der Waals surface area contributed by atoms with E-state index in [2.05, 4.69) is 20.2 Å². The van der Waals surface area contributed by atoms with Crippen LogP contribution in [0.4, 0.5) is 4.39 Å². The molecule has 4 rings (SSSR count). The zero-order valence-electron chi connectivity index (χ0n) is 14.0. The Morgan fingerprint density at radius 2 is 1.85 bits per heavy atom. The molecule has 0 aliphatic heterocycles. The van der Waals surface area contributed by atoms with Crippen molar-refractivity contribution in [1.82, 2.24) is 24.7 Å². The van der Waals surface area contributed by atoms with E-state index in [1.807, 2.05) is 12.1 Å². The topological polar surface area (TPSA) is 76.5 Å². The number of carbonyl (C=O) groups excluding carboxylic acids is 1. The molecule has 1 aromatic carbocycles. The van der Waals surface area contributed by atoms with Crippen LogP contribution in [0, 0.1) is 5.82 Å². The maximum absolute atomic E-state index is 13.4. The lowest BCUT2D eigenvalue weighted by molar-refractivity contribution is 0.101. The number of H-pyrrole nitrogens is 1. The molecule has 8 heteroatoms. The van der Waals surface area contributed by atoms with Crippen LogP contribution in [0.2, 0.25) is 0 Å². The summed E-state index contributed by atoms with van der Waals surface area (Å²) in [5.41, 5.74) is 2.08. The Kier molecular flexibility index (Phi) is 4.80. The summed E-state index contributed by atoms with van der Waals surface area (Å²) in [6.45, 7) is 0. The summed E-state index contributed by atoms with van der Waals surface area (Å²) in [6, 6.07) is 13.2. The number of pyridine rings is 1. The SMILES string of the molecule is O=C(CSc1nnc(-c2ccncc2)n1-c1ccc(F)cc1)c1ccc[nH]1. The fourth-order valence-electron chi connectivity index (χ4n) is 2.59. The van der Waals surface area contributed by atoms with Crippen LogP contribution >= 0.6 is 11.8 Å². The van der Waals surface area contributed by atoms with Crippen LogP contribution in [-0.4, -0.2) is 36.3 Å². The van der Waals surface area contributed by atoms with E-state index in [1.165, 1.54) is 23.9 Å². The van der Waals surface area contributed by atoms with Gasteiger partial charge in [0.05, 0.1) is 11.4 Å². The second-order valence-corrected chi connectivity index (χ2v) is 6.59. The van der Waals surface area contributed by atoms with Gasteiger partial charge in [-0.3, -0.25) is 14.3 Å². The van der Waals surface area contributed by atoms with Gasteiger partial charge in [0.1, 0.15) is 5.82 Å². The van der Waals surface area contributed by atoms with Crippen LogP contribution in [0.3, 0.4) is 0 Å². The molecule has 0 saturated heterocycles. The molecule has 0 aliphatic carbocycles. The van der Waals surface area contributed by atoms with Crippen LogP contribution < -0.4 is 0 Å². The van der Waals surface area contributed by atoms with Gasteiger partial charge in [-0.25, -0.2) is 4.39 Å². The van der Waals surface area contributed by atoms with E-state index < -0.39 is 0 Å². The Balaban J connectivity index is 1.70. The Labute approximate surface area is 158 Å². The van der Waals surface area contributed by atoms with Crippen molar-refractivity contribution in [3.8, 4) is 17.1 Å². The molecule has 0 unspecified atom stereocenters. The van der Waals surface area contributed by atoms with Gasteiger partial charge in [0.25, 0.3) is 0 Å². The number of aromatic amines is 1. The third kappa shape index (κ3) is 3.65. The van der Waals surface area contributed by atoms with Crippen molar-refractivity contribution in [3.63, 3.8) is 0 Å². The molecule has 3 aromatic heterocycles. The number of nitrogens with one attached hydrogen (secondary N) is 1. The number of hydrogen-bond acceptors (Lipinski definition) is 5. The van der Waals surface area contributed by atoms with Gasteiger partial charge >= 0.3 is 0 Å². The first-order chi connectivity index (χ1) is 13.2.